The summed E-state index contributed by atoms with van der Waals surface area (Å²) in [7, 11) is 0. The van der Waals surface area contributed by atoms with Crippen molar-refractivity contribution >= 4 is 18.3 Å². The van der Waals surface area contributed by atoms with E-state index < -0.39 is 0 Å². The molecule has 1 amide bonds. The molecule has 3 unspecified atom stereocenters. The number of amides is 1. The second kappa shape index (κ2) is 7.30. The molecule has 21 heavy (non-hydrogen) atoms. The van der Waals surface area contributed by atoms with E-state index in [1.165, 1.54) is 32.1 Å². The summed E-state index contributed by atoms with van der Waals surface area (Å²) in [6.07, 6.45) is 8.76. The Bertz CT molecular complexity index is 352. The Hall–Kier alpha value is -0.320. The van der Waals surface area contributed by atoms with Crippen LogP contribution in [0.2, 0.25) is 0 Å². The monoisotopic (exact) mass is 316 g/mol. The maximum Gasteiger partial charge on any atom is 0.224 e. The molecule has 1 saturated heterocycles. The molecule has 2 N–H and O–H groups in total. The predicted octanol–water partition coefficient (Wildman–Crippen LogP) is 2.26. The lowest BCUT2D eigenvalue weighted by Crippen LogP contribution is -2.66. The minimum atomic E-state index is 0. The van der Waals surface area contributed by atoms with E-state index in [1.54, 1.807) is 0 Å². The molecule has 3 aliphatic rings. The topological polar surface area (TPSA) is 50.4 Å². The van der Waals surface area contributed by atoms with Gasteiger partial charge in [-0.05, 0) is 39.2 Å². The molecule has 0 aromatic rings. The molecular weight excluding hydrogens is 288 g/mol. The first-order valence-electron chi connectivity index (χ1n) is 8.39. The van der Waals surface area contributed by atoms with Gasteiger partial charge in [-0.2, -0.15) is 0 Å². The SMILES string of the molecule is CCOC1CC(NC(=O)C2CCNC2)C12CCCCC2.Cl. The van der Waals surface area contributed by atoms with E-state index in [0.29, 0.717) is 12.1 Å². The van der Waals surface area contributed by atoms with Crippen LogP contribution in [0.15, 0.2) is 0 Å². The molecule has 3 atom stereocenters. The van der Waals surface area contributed by atoms with Crippen molar-refractivity contribution in [1.82, 2.24) is 10.6 Å². The highest BCUT2D eigenvalue weighted by Gasteiger charge is 2.56. The number of hydrogen-bond donors (Lipinski definition) is 2. The first kappa shape index (κ1) is 17.0. The summed E-state index contributed by atoms with van der Waals surface area (Å²) in [4.78, 5) is 12.3. The lowest BCUT2D eigenvalue weighted by Gasteiger charge is -2.57. The van der Waals surface area contributed by atoms with E-state index in [4.69, 9.17) is 4.74 Å². The van der Waals surface area contributed by atoms with Crippen LogP contribution < -0.4 is 10.6 Å². The van der Waals surface area contributed by atoms with Crippen LogP contribution in [0.1, 0.15) is 51.9 Å². The summed E-state index contributed by atoms with van der Waals surface area (Å²) < 4.78 is 5.94. The normalized spacial score (nSPS) is 34.0. The zero-order chi connectivity index (χ0) is 14.0. The Labute approximate surface area is 134 Å². The van der Waals surface area contributed by atoms with Crippen LogP contribution in [0.4, 0.5) is 0 Å². The molecule has 2 aliphatic carbocycles. The van der Waals surface area contributed by atoms with Gasteiger partial charge in [-0.3, -0.25) is 4.79 Å². The quantitative estimate of drug-likeness (QED) is 0.836. The zero-order valence-electron chi connectivity index (χ0n) is 13.0. The van der Waals surface area contributed by atoms with Gasteiger partial charge in [0, 0.05) is 24.6 Å². The van der Waals surface area contributed by atoms with Crippen LogP contribution in [0, 0.1) is 11.3 Å². The van der Waals surface area contributed by atoms with Crippen molar-refractivity contribution in [3.8, 4) is 0 Å². The van der Waals surface area contributed by atoms with Gasteiger partial charge in [0.15, 0.2) is 0 Å². The Balaban J connectivity index is 0.00000161. The molecule has 0 aromatic heterocycles. The van der Waals surface area contributed by atoms with E-state index in [-0.39, 0.29) is 29.6 Å². The molecule has 0 aromatic carbocycles. The highest BCUT2D eigenvalue weighted by molar-refractivity contribution is 5.85. The third kappa shape index (κ3) is 3.22. The minimum absolute atomic E-state index is 0. The number of nitrogens with one attached hydrogen (secondary N) is 2. The summed E-state index contributed by atoms with van der Waals surface area (Å²) in [5, 5.41) is 6.63. The van der Waals surface area contributed by atoms with Crippen molar-refractivity contribution in [2.75, 3.05) is 19.7 Å². The van der Waals surface area contributed by atoms with Crippen LogP contribution in [0.25, 0.3) is 0 Å². The molecule has 0 radical (unpaired) electrons. The van der Waals surface area contributed by atoms with Crippen molar-refractivity contribution in [1.29, 1.82) is 0 Å². The van der Waals surface area contributed by atoms with Gasteiger partial charge in [-0.25, -0.2) is 0 Å². The van der Waals surface area contributed by atoms with E-state index in [1.807, 2.05) is 0 Å². The Morgan fingerprint density at radius 1 is 1.33 bits per heavy atom. The number of ether oxygens (including phenoxy) is 1. The first-order valence-corrected chi connectivity index (χ1v) is 8.39. The number of carbonyl (C=O) groups excluding carboxylic acids is 1. The third-order valence-corrected chi connectivity index (χ3v) is 5.68. The fourth-order valence-electron chi connectivity index (χ4n) is 4.43. The maximum absolute atomic E-state index is 12.3. The Morgan fingerprint density at radius 3 is 2.71 bits per heavy atom. The van der Waals surface area contributed by atoms with Crippen molar-refractivity contribution in [3.63, 3.8) is 0 Å². The summed E-state index contributed by atoms with van der Waals surface area (Å²) >= 11 is 0. The number of carbonyl (C=O) groups is 1. The molecule has 1 spiro atoms. The third-order valence-electron chi connectivity index (χ3n) is 5.68. The van der Waals surface area contributed by atoms with Gasteiger partial charge < -0.3 is 15.4 Å². The Morgan fingerprint density at radius 2 is 2.10 bits per heavy atom. The van der Waals surface area contributed by atoms with Crippen molar-refractivity contribution in [2.24, 2.45) is 11.3 Å². The minimum Gasteiger partial charge on any atom is -0.378 e. The molecule has 122 valence electrons. The Kier molecular flexibility index (Phi) is 5.92. The highest BCUT2D eigenvalue weighted by atomic mass is 35.5. The van der Waals surface area contributed by atoms with E-state index in [9.17, 15) is 4.79 Å². The van der Waals surface area contributed by atoms with Crippen LogP contribution in [0.3, 0.4) is 0 Å². The van der Waals surface area contributed by atoms with Crippen molar-refractivity contribution in [3.05, 3.63) is 0 Å². The average Bonchev–Trinajstić information content (AvgIpc) is 3.01. The summed E-state index contributed by atoms with van der Waals surface area (Å²) in [6, 6.07) is 0.354. The largest absolute Gasteiger partial charge is 0.378 e. The molecular formula is C16H29ClN2O2. The fraction of sp³-hybridized carbons (Fsp3) is 0.938. The lowest BCUT2D eigenvalue weighted by atomic mass is 9.55. The van der Waals surface area contributed by atoms with Crippen LogP contribution in [0.5, 0.6) is 0 Å². The second-order valence-electron chi connectivity index (χ2n) is 6.72. The van der Waals surface area contributed by atoms with Crippen molar-refractivity contribution < 1.29 is 9.53 Å². The first-order chi connectivity index (χ1) is 9.76. The van der Waals surface area contributed by atoms with Gasteiger partial charge in [-0.1, -0.05) is 19.3 Å². The van der Waals surface area contributed by atoms with E-state index >= 15 is 0 Å². The fourth-order valence-corrected chi connectivity index (χ4v) is 4.43. The highest BCUT2D eigenvalue weighted by Crippen LogP contribution is 2.53. The maximum atomic E-state index is 12.3. The smallest absolute Gasteiger partial charge is 0.224 e. The molecule has 4 nitrogen and oxygen atoms in total. The molecule has 5 heteroatoms. The molecule has 3 fully saturated rings. The number of halogens is 1. The molecule has 0 bridgehead atoms. The summed E-state index contributed by atoms with van der Waals surface area (Å²) in [6.45, 7) is 4.70. The molecule has 3 rings (SSSR count). The van der Waals surface area contributed by atoms with E-state index in [0.717, 1.165) is 32.5 Å². The zero-order valence-corrected chi connectivity index (χ0v) is 13.8. The van der Waals surface area contributed by atoms with Gasteiger partial charge in [0.25, 0.3) is 0 Å². The standard InChI is InChI=1S/C16H28N2O2.ClH/c1-2-20-14-10-13(16(14)7-4-3-5-8-16)18-15(19)12-6-9-17-11-12;/h12-14,17H,2-11H2,1H3,(H,18,19);1H. The van der Waals surface area contributed by atoms with E-state index in [2.05, 4.69) is 17.6 Å². The average molecular weight is 317 g/mol. The molecule has 1 heterocycles. The van der Waals surface area contributed by atoms with Crippen LogP contribution in [-0.4, -0.2) is 37.7 Å². The summed E-state index contributed by atoms with van der Waals surface area (Å²) in [5.74, 6) is 0.446. The van der Waals surface area contributed by atoms with Gasteiger partial charge in [0.1, 0.15) is 0 Å². The van der Waals surface area contributed by atoms with Crippen LogP contribution >= 0.6 is 12.4 Å². The van der Waals surface area contributed by atoms with Crippen molar-refractivity contribution in [2.45, 2.75) is 64.0 Å². The van der Waals surface area contributed by atoms with Gasteiger partial charge in [0.05, 0.1) is 12.0 Å². The predicted molar refractivity (Wildman–Crippen MR) is 85.7 cm³/mol. The lowest BCUT2D eigenvalue weighted by molar-refractivity contribution is -0.158. The second-order valence-corrected chi connectivity index (χ2v) is 6.72. The molecule has 2 saturated carbocycles. The van der Waals surface area contributed by atoms with Gasteiger partial charge in [-0.15, -0.1) is 12.4 Å². The number of hydrogen-bond acceptors (Lipinski definition) is 3. The van der Waals surface area contributed by atoms with Gasteiger partial charge >= 0.3 is 0 Å². The molecule has 1 aliphatic heterocycles. The summed E-state index contributed by atoms with van der Waals surface area (Å²) in [5.41, 5.74) is 0.246. The number of rotatable bonds is 4. The van der Waals surface area contributed by atoms with Gasteiger partial charge in [0.2, 0.25) is 5.91 Å². The van der Waals surface area contributed by atoms with Crippen LogP contribution in [-0.2, 0) is 9.53 Å².